The molecule has 0 aliphatic rings. The van der Waals surface area contributed by atoms with Crippen LogP contribution in [0.2, 0.25) is 0 Å². The molecule has 9 heteroatoms. The third-order valence-electron chi connectivity index (χ3n) is 3.22. The molecule has 0 atom stereocenters. The number of alkyl halides is 2. The molecule has 0 fully saturated rings. The Labute approximate surface area is 129 Å². The summed E-state index contributed by atoms with van der Waals surface area (Å²) in [6, 6.07) is 1.82. The van der Waals surface area contributed by atoms with E-state index in [1.807, 2.05) is 20.0 Å². The highest BCUT2D eigenvalue weighted by Crippen LogP contribution is 2.27. The van der Waals surface area contributed by atoms with Crippen LogP contribution >= 0.6 is 11.8 Å². The van der Waals surface area contributed by atoms with Gasteiger partial charge in [-0.15, -0.1) is 10.2 Å². The quantitative estimate of drug-likeness (QED) is 0.674. The smallest absolute Gasteiger partial charge is 0.319 e. The number of aromatic nitrogens is 5. The van der Waals surface area contributed by atoms with Gasteiger partial charge in [0.05, 0.1) is 17.6 Å². The van der Waals surface area contributed by atoms with Crippen LogP contribution in [0.15, 0.2) is 34.3 Å². The van der Waals surface area contributed by atoms with Crippen LogP contribution < -0.4 is 0 Å². The van der Waals surface area contributed by atoms with Crippen molar-refractivity contribution in [2.24, 2.45) is 7.05 Å². The predicted octanol–water partition coefficient (Wildman–Crippen LogP) is 3.27. The number of aryl methyl sites for hydroxylation is 1. The summed E-state index contributed by atoms with van der Waals surface area (Å²) in [7, 11) is 1.82. The highest BCUT2D eigenvalue weighted by atomic mass is 32.2. The minimum absolute atomic E-state index is 0.285. The molecule has 0 saturated carbocycles. The molecule has 22 heavy (non-hydrogen) atoms. The van der Waals surface area contributed by atoms with Crippen molar-refractivity contribution < 1.29 is 13.2 Å². The summed E-state index contributed by atoms with van der Waals surface area (Å²) in [5.41, 5.74) is 0.857. The van der Waals surface area contributed by atoms with Gasteiger partial charge in [-0.1, -0.05) is 11.8 Å². The van der Waals surface area contributed by atoms with E-state index in [9.17, 15) is 8.78 Å². The molecule has 0 saturated heterocycles. The molecule has 0 aromatic carbocycles. The molecule has 3 heterocycles. The molecule has 3 aromatic rings. The van der Waals surface area contributed by atoms with E-state index in [4.69, 9.17) is 4.42 Å². The Morgan fingerprint density at radius 1 is 1.36 bits per heavy atom. The second-order valence-corrected chi connectivity index (χ2v) is 5.52. The number of halogens is 2. The lowest BCUT2D eigenvalue weighted by Gasteiger charge is -2.06. The summed E-state index contributed by atoms with van der Waals surface area (Å²) in [4.78, 5) is 3.94. The lowest BCUT2D eigenvalue weighted by atomic mass is 10.2. The van der Waals surface area contributed by atoms with Crippen LogP contribution in [0.25, 0.3) is 11.4 Å². The second kappa shape index (κ2) is 5.91. The molecule has 0 amide bonds. The van der Waals surface area contributed by atoms with Crippen molar-refractivity contribution in [3.05, 3.63) is 36.3 Å². The van der Waals surface area contributed by atoms with E-state index in [0.717, 1.165) is 15.9 Å². The average Bonchev–Trinajstić information content (AvgIpc) is 3.17. The van der Waals surface area contributed by atoms with Crippen molar-refractivity contribution in [3.63, 3.8) is 0 Å². The van der Waals surface area contributed by atoms with Crippen molar-refractivity contribution in [3.8, 4) is 11.4 Å². The fourth-order valence-corrected chi connectivity index (χ4v) is 2.92. The highest BCUT2D eigenvalue weighted by molar-refractivity contribution is 7.98. The number of rotatable bonds is 5. The van der Waals surface area contributed by atoms with Gasteiger partial charge in [-0.25, -0.2) is 4.98 Å². The van der Waals surface area contributed by atoms with Crippen molar-refractivity contribution in [1.82, 2.24) is 24.3 Å². The fraction of sp³-hybridized carbons (Fsp3) is 0.308. The largest absolute Gasteiger partial charge is 0.469 e. The molecular weight excluding hydrogens is 312 g/mol. The van der Waals surface area contributed by atoms with Crippen LogP contribution in [-0.2, 0) is 12.8 Å². The van der Waals surface area contributed by atoms with Gasteiger partial charge in [0.15, 0.2) is 11.0 Å². The normalized spacial score (nSPS) is 11.5. The predicted molar refractivity (Wildman–Crippen MR) is 76.5 cm³/mol. The summed E-state index contributed by atoms with van der Waals surface area (Å²) in [5, 5.41) is 8.85. The third-order valence-corrected chi connectivity index (χ3v) is 4.24. The summed E-state index contributed by atoms with van der Waals surface area (Å²) >= 11 is 1.30. The molecule has 0 bridgehead atoms. The number of hydrogen-bond donors (Lipinski definition) is 0. The first-order valence-corrected chi connectivity index (χ1v) is 7.43. The minimum Gasteiger partial charge on any atom is -0.469 e. The molecule has 0 aliphatic carbocycles. The molecule has 0 N–H and O–H groups in total. The van der Waals surface area contributed by atoms with E-state index < -0.39 is 6.55 Å². The molecule has 0 radical (unpaired) electrons. The Balaban J connectivity index is 1.78. The number of nitrogens with zero attached hydrogens (tertiary/aromatic N) is 5. The molecule has 0 spiro atoms. The minimum atomic E-state index is -2.60. The monoisotopic (exact) mass is 325 g/mol. The van der Waals surface area contributed by atoms with Gasteiger partial charge in [0.1, 0.15) is 11.6 Å². The first-order chi connectivity index (χ1) is 10.6. The molecular formula is C13H13F2N5OS. The van der Waals surface area contributed by atoms with Crippen LogP contribution in [0.4, 0.5) is 8.78 Å². The first-order valence-electron chi connectivity index (χ1n) is 6.44. The third kappa shape index (κ3) is 2.63. The van der Waals surface area contributed by atoms with Crippen molar-refractivity contribution >= 4 is 11.8 Å². The van der Waals surface area contributed by atoms with Crippen molar-refractivity contribution in [2.75, 3.05) is 0 Å². The topological polar surface area (TPSA) is 61.7 Å². The van der Waals surface area contributed by atoms with Crippen LogP contribution in [0.3, 0.4) is 0 Å². The Morgan fingerprint density at radius 3 is 2.86 bits per heavy atom. The van der Waals surface area contributed by atoms with E-state index in [-0.39, 0.29) is 5.75 Å². The fourth-order valence-electron chi connectivity index (χ4n) is 2.05. The zero-order valence-corrected chi connectivity index (χ0v) is 12.7. The summed E-state index contributed by atoms with van der Waals surface area (Å²) < 4.78 is 33.4. The van der Waals surface area contributed by atoms with E-state index in [1.165, 1.54) is 24.2 Å². The summed E-state index contributed by atoms with van der Waals surface area (Å²) in [6.07, 6.45) is 4.21. The van der Waals surface area contributed by atoms with E-state index in [0.29, 0.717) is 16.8 Å². The maximum absolute atomic E-state index is 12.8. The molecule has 0 unspecified atom stereocenters. The maximum atomic E-state index is 12.8. The molecule has 116 valence electrons. The SMILES string of the molecule is Cc1occc1-c1nnc(SCc2nccn2C(F)F)n1C. The number of thioether (sulfide) groups is 1. The van der Waals surface area contributed by atoms with E-state index in [2.05, 4.69) is 15.2 Å². The van der Waals surface area contributed by atoms with Gasteiger partial charge in [0.2, 0.25) is 0 Å². The van der Waals surface area contributed by atoms with Crippen LogP contribution in [-0.4, -0.2) is 24.3 Å². The van der Waals surface area contributed by atoms with Crippen LogP contribution in [0.1, 0.15) is 18.1 Å². The lowest BCUT2D eigenvalue weighted by molar-refractivity contribution is 0.0678. The van der Waals surface area contributed by atoms with Crippen molar-refractivity contribution in [1.29, 1.82) is 0 Å². The Bertz CT molecular complexity index is 779. The van der Waals surface area contributed by atoms with Gasteiger partial charge in [0.25, 0.3) is 0 Å². The number of furan rings is 1. The summed E-state index contributed by atoms with van der Waals surface area (Å²) in [5.74, 6) is 2.00. The van der Waals surface area contributed by atoms with Gasteiger partial charge in [-0.05, 0) is 13.0 Å². The lowest BCUT2D eigenvalue weighted by Crippen LogP contribution is -2.03. The maximum Gasteiger partial charge on any atom is 0.319 e. The standard InChI is InChI=1S/C13H13F2N5OS/c1-8-9(3-6-21-8)11-17-18-13(19(11)2)22-7-10-16-4-5-20(10)12(14)15/h3-6,12H,7H2,1-2H3. The van der Waals surface area contributed by atoms with Gasteiger partial charge in [-0.3, -0.25) is 4.57 Å². The molecule has 3 rings (SSSR count). The van der Waals surface area contributed by atoms with Crippen molar-refractivity contribution in [2.45, 2.75) is 24.4 Å². The number of imidazole rings is 1. The van der Waals surface area contributed by atoms with Crippen LogP contribution in [0, 0.1) is 6.92 Å². The summed E-state index contributed by atoms with van der Waals surface area (Å²) in [6.45, 7) is -0.752. The van der Waals surface area contributed by atoms with E-state index >= 15 is 0 Å². The molecule has 0 aliphatic heterocycles. The van der Waals surface area contributed by atoms with Crippen LogP contribution in [0.5, 0.6) is 0 Å². The van der Waals surface area contributed by atoms with Gasteiger partial charge >= 0.3 is 6.55 Å². The zero-order valence-electron chi connectivity index (χ0n) is 11.9. The Morgan fingerprint density at radius 2 is 2.18 bits per heavy atom. The second-order valence-electron chi connectivity index (χ2n) is 4.57. The Hall–Kier alpha value is -2.16. The van der Waals surface area contributed by atoms with Gasteiger partial charge in [0, 0.05) is 19.4 Å². The zero-order chi connectivity index (χ0) is 15.7. The van der Waals surface area contributed by atoms with Gasteiger partial charge < -0.3 is 8.98 Å². The first kappa shape index (κ1) is 14.8. The molecule has 3 aromatic heterocycles. The van der Waals surface area contributed by atoms with Gasteiger partial charge in [-0.2, -0.15) is 8.78 Å². The van der Waals surface area contributed by atoms with E-state index in [1.54, 1.807) is 10.8 Å². The average molecular weight is 325 g/mol. The Kier molecular flexibility index (Phi) is 3.97. The highest BCUT2D eigenvalue weighted by Gasteiger charge is 2.17. The molecule has 6 nitrogen and oxygen atoms in total. The number of hydrogen-bond acceptors (Lipinski definition) is 5.